The minimum atomic E-state index is -4.22. The number of ether oxygens (including phenoxy) is 2. The third kappa shape index (κ3) is 1.96. The normalized spacial score (nSPS) is 42.1. The number of fused-ring (bicyclic) bond motifs is 6. The summed E-state index contributed by atoms with van der Waals surface area (Å²) < 4.78 is 32.5. The van der Waals surface area contributed by atoms with Crippen molar-refractivity contribution in [3.63, 3.8) is 0 Å². The van der Waals surface area contributed by atoms with Gasteiger partial charge in [-0.3, -0.25) is 13.8 Å². The molecule has 10 heteroatoms. The molecule has 0 aromatic heterocycles. The van der Waals surface area contributed by atoms with E-state index in [4.69, 9.17) is 18.5 Å². The van der Waals surface area contributed by atoms with Crippen LogP contribution in [-0.2, 0) is 13.6 Å². The predicted molar refractivity (Wildman–Crippen MR) is 76.8 cm³/mol. The lowest BCUT2D eigenvalue weighted by Crippen LogP contribution is -2.60. The predicted octanol–water partition coefficient (Wildman–Crippen LogP) is 0.260. The van der Waals surface area contributed by atoms with E-state index in [9.17, 15) is 19.4 Å². The quantitative estimate of drug-likeness (QED) is 0.566. The van der Waals surface area contributed by atoms with Gasteiger partial charge in [-0.05, 0) is 24.1 Å². The molecule has 1 saturated carbocycles. The lowest BCUT2D eigenvalue weighted by atomic mass is 9.72. The summed E-state index contributed by atoms with van der Waals surface area (Å²) in [6.45, 7) is 0.0892. The van der Waals surface area contributed by atoms with Crippen molar-refractivity contribution in [2.75, 3.05) is 6.79 Å². The second kappa shape index (κ2) is 4.71. The Balaban J connectivity index is 1.60. The smallest absolute Gasteiger partial charge is 0.454 e. The van der Waals surface area contributed by atoms with Crippen LogP contribution in [-0.4, -0.2) is 47.1 Å². The number of aliphatic hydroxyl groups is 1. The molecule has 4 aliphatic rings. The first-order valence-electron chi connectivity index (χ1n) is 7.55. The van der Waals surface area contributed by atoms with Gasteiger partial charge in [0.25, 0.3) is 5.91 Å². The average Bonchev–Trinajstić information content (AvgIpc) is 3.10. The molecule has 24 heavy (non-hydrogen) atoms. The first kappa shape index (κ1) is 14.7. The van der Waals surface area contributed by atoms with E-state index in [1.807, 2.05) is 0 Å². The van der Waals surface area contributed by atoms with Crippen LogP contribution in [0.4, 0.5) is 0 Å². The molecule has 1 aliphatic carbocycles. The number of carbonyl (C=O) groups excluding carboxylic acids is 1. The van der Waals surface area contributed by atoms with Crippen LogP contribution >= 0.6 is 7.82 Å². The molecule has 3 N–H and O–H groups in total. The molecule has 9 nitrogen and oxygen atoms in total. The lowest BCUT2D eigenvalue weighted by molar-refractivity contribution is -0.0371. The molecule has 0 radical (unpaired) electrons. The van der Waals surface area contributed by atoms with Crippen molar-refractivity contribution in [1.82, 2.24) is 5.32 Å². The van der Waals surface area contributed by atoms with Gasteiger partial charge < -0.3 is 24.8 Å². The van der Waals surface area contributed by atoms with Gasteiger partial charge in [0.15, 0.2) is 11.5 Å². The number of nitrogens with one attached hydrogen (secondary N) is 1. The summed E-state index contributed by atoms with van der Waals surface area (Å²) >= 11 is 0. The van der Waals surface area contributed by atoms with Crippen LogP contribution in [0.3, 0.4) is 0 Å². The average molecular weight is 355 g/mol. The summed E-state index contributed by atoms with van der Waals surface area (Å²) in [7, 11) is -4.22. The van der Waals surface area contributed by atoms with Crippen LogP contribution in [0.5, 0.6) is 11.5 Å². The molecular weight excluding hydrogens is 341 g/mol. The Hall–Kier alpha value is -1.64. The standard InChI is InChI=1S/C14H14NO8P/c16-8-1-6-5-2-9-10(21-4-20-9)3-7(5)14(17)15-11(6)13-12(8)22-24(18,19)23-13/h2-3,6,8,11-13,16H,1,4H2,(H,15,17)(H,18,19)/t6-,8+,11-,12-,13+/m1/s1. The number of carbonyl (C=O) groups is 1. The number of hydrogen-bond acceptors (Lipinski definition) is 7. The molecule has 1 saturated heterocycles. The monoisotopic (exact) mass is 355 g/mol. The Morgan fingerprint density at radius 3 is 2.67 bits per heavy atom. The highest BCUT2D eigenvalue weighted by Crippen LogP contribution is 2.58. The molecule has 1 amide bonds. The van der Waals surface area contributed by atoms with Gasteiger partial charge in [-0.15, -0.1) is 0 Å². The van der Waals surface area contributed by atoms with Crippen molar-refractivity contribution < 1.29 is 37.9 Å². The maximum Gasteiger partial charge on any atom is 0.473 e. The molecule has 5 rings (SSSR count). The Kier molecular flexibility index (Phi) is 2.88. The summed E-state index contributed by atoms with van der Waals surface area (Å²) in [6.07, 6.45) is -2.55. The van der Waals surface area contributed by atoms with Crippen molar-refractivity contribution in [2.24, 2.45) is 0 Å². The third-order valence-corrected chi connectivity index (χ3v) is 6.00. The van der Waals surface area contributed by atoms with Gasteiger partial charge in [0, 0.05) is 11.5 Å². The molecule has 6 atom stereocenters. The fourth-order valence-electron chi connectivity index (χ4n) is 3.97. The number of benzene rings is 1. The number of phosphoric acid groups is 1. The van der Waals surface area contributed by atoms with Gasteiger partial charge in [-0.25, -0.2) is 4.57 Å². The van der Waals surface area contributed by atoms with E-state index in [2.05, 4.69) is 5.32 Å². The lowest BCUT2D eigenvalue weighted by Gasteiger charge is -2.43. The van der Waals surface area contributed by atoms with E-state index in [-0.39, 0.29) is 25.0 Å². The number of amides is 1. The number of rotatable bonds is 0. The molecule has 1 unspecified atom stereocenters. The van der Waals surface area contributed by atoms with Crippen LogP contribution in [0.15, 0.2) is 12.1 Å². The van der Waals surface area contributed by atoms with Crippen molar-refractivity contribution >= 4 is 13.7 Å². The summed E-state index contributed by atoms with van der Waals surface area (Å²) in [4.78, 5) is 22.0. The SMILES string of the molecule is O=C1N[C@H]2[C@@H]3OP(=O)(O)O[C@@H]3[C@@H](O)C[C@@H]2c2cc3c(cc21)OCO3. The van der Waals surface area contributed by atoms with Crippen LogP contribution < -0.4 is 14.8 Å². The molecule has 3 aliphatic heterocycles. The van der Waals surface area contributed by atoms with E-state index in [0.717, 1.165) is 0 Å². The molecule has 0 bridgehead atoms. The summed E-state index contributed by atoms with van der Waals surface area (Å²) in [5, 5.41) is 13.1. The van der Waals surface area contributed by atoms with Crippen LogP contribution in [0, 0.1) is 0 Å². The molecule has 2 fully saturated rings. The molecule has 3 heterocycles. The maximum absolute atomic E-state index is 12.5. The van der Waals surface area contributed by atoms with Crippen LogP contribution in [0.2, 0.25) is 0 Å². The van der Waals surface area contributed by atoms with Crippen molar-refractivity contribution in [2.45, 2.75) is 36.7 Å². The molecular formula is C14H14NO8P. The minimum Gasteiger partial charge on any atom is -0.454 e. The highest BCUT2D eigenvalue weighted by molar-refractivity contribution is 7.47. The zero-order valence-electron chi connectivity index (χ0n) is 12.2. The van der Waals surface area contributed by atoms with Gasteiger partial charge >= 0.3 is 7.82 Å². The van der Waals surface area contributed by atoms with Gasteiger partial charge in [0.05, 0.1) is 12.1 Å². The van der Waals surface area contributed by atoms with E-state index in [0.29, 0.717) is 22.6 Å². The van der Waals surface area contributed by atoms with E-state index < -0.39 is 32.2 Å². The minimum absolute atomic E-state index is 0.0892. The number of aliphatic hydroxyl groups excluding tert-OH is 1. The van der Waals surface area contributed by atoms with Gasteiger partial charge in [-0.2, -0.15) is 0 Å². The highest BCUT2D eigenvalue weighted by atomic mass is 31.2. The zero-order chi connectivity index (χ0) is 16.6. The van der Waals surface area contributed by atoms with Crippen molar-refractivity contribution in [3.8, 4) is 11.5 Å². The zero-order valence-corrected chi connectivity index (χ0v) is 13.1. The maximum atomic E-state index is 12.5. The Morgan fingerprint density at radius 2 is 1.88 bits per heavy atom. The molecule has 1 aromatic rings. The summed E-state index contributed by atoms with van der Waals surface area (Å²) in [6, 6.07) is 2.78. The van der Waals surface area contributed by atoms with E-state index >= 15 is 0 Å². The number of phosphoric ester groups is 1. The second-order valence-corrected chi connectivity index (χ2v) is 7.67. The second-order valence-electron chi connectivity index (χ2n) is 6.31. The van der Waals surface area contributed by atoms with Crippen molar-refractivity contribution in [1.29, 1.82) is 0 Å². The first-order chi connectivity index (χ1) is 11.4. The third-order valence-electron chi connectivity index (χ3n) is 4.98. The highest BCUT2D eigenvalue weighted by Gasteiger charge is 2.57. The van der Waals surface area contributed by atoms with Gasteiger partial charge in [0.1, 0.15) is 12.2 Å². The first-order valence-corrected chi connectivity index (χ1v) is 9.04. The van der Waals surface area contributed by atoms with Crippen LogP contribution in [0.25, 0.3) is 0 Å². The topological polar surface area (TPSA) is 124 Å². The summed E-state index contributed by atoms with van der Waals surface area (Å²) in [5.41, 5.74) is 1.14. The molecule has 1 aromatic carbocycles. The largest absolute Gasteiger partial charge is 0.473 e. The fraction of sp³-hybridized carbons (Fsp3) is 0.500. The van der Waals surface area contributed by atoms with Crippen molar-refractivity contribution in [3.05, 3.63) is 23.3 Å². The summed E-state index contributed by atoms with van der Waals surface area (Å²) in [5.74, 6) is 0.417. The molecule has 0 spiro atoms. The van der Waals surface area contributed by atoms with Gasteiger partial charge in [0.2, 0.25) is 6.79 Å². The molecule has 128 valence electrons. The Labute approximate surface area is 136 Å². The Morgan fingerprint density at radius 1 is 1.17 bits per heavy atom. The Bertz CT molecular complexity index is 797. The van der Waals surface area contributed by atoms with Gasteiger partial charge in [-0.1, -0.05) is 0 Å². The van der Waals surface area contributed by atoms with E-state index in [1.165, 1.54) is 0 Å². The fourth-order valence-corrected chi connectivity index (χ4v) is 5.15. The van der Waals surface area contributed by atoms with Crippen LogP contribution in [0.1, 0.15) is 28.3 Å². The number of hydrogen-bond donors (Lipinski definition) is 3. The van der Waals surface area contributed by atoms with E-state index in [1.54, 1.807) is 12.1 Å².